The van der Waals surface area contributed by atoms with E-state index in [9.17, 15) is 0 Å². The van der Waals surface area contributed by atoms with Crippen LogP contribution in [0, 0.1) is 0 Å². The Labute approximate surface area is 189 Å². The summed E-state index contributed by atoms with van der Waals surface area (Å²) in [5, 5.41) is 7.09. The zero-order chi connectivity index (χ0) is 21.8. The van der Waals surface area contributed by atoms with Crippen LogP contribution in [-0.4, -0.2) is 25.6 Å². The third kappa shape index (κ3) is 4.44. The van der Waals surface area contributed by atoms with Crippen molar-refractivity contribution in [2.45, 2.75) is 58.2 Å². The Balaban J connectivity index is 1.36. The van der Waals surface area contributed by atoms with Gasteiger partial charge in [-0.15, -0.1) is 0 Å². The molecular weight excluding hydrogens is 396 g/mol. The number of nitrogens with zero attached hydrogens (tertiary/aromatic N) is 4. The highest BCUT2D eigenvalue weighted by molar-refractivity contribution is 5.84. The molecule has 6 nitrogen and oxygen atoms in total. The van der Waals surface area contributed by atoms with E-state index in [2.05, 4.69) is 75.6 Å². The number of hydrogen-bond donors (Lipinski definition) is 2. The smallest absolute Gasteiger partial charge is 0.227 e. The first kappa shape index (κ1) is 20.5. The molecule has 2 heterocycles. The summed E-state index contributed by atoms with van der Waals surface area (Å²) in [5.41, 5.74) is 5.35. The SMILES string of the molecule is CCn1cnc2c(NCc3ccc(-c4ccccc4)cc3)nc(NC3CCCCC3)nc21. The van der Waals surface area contributed by atoms with Crippen LogP contribution in [0.3, 0.4) is 0 Å². The molecule has 1 aliphatic rings. The van der Waals surface area contributed by atoms with E-state index in [1.807, 2.05) is 12.4 Å². The number of nitrogens with one attached hydrogen (secondary N) is 2. The van der Waals surface area contributed by atoms with Gasteiger partial charge in [-0.3, -0.25) is 0 Å². The average Bonchev–Trinajstić information content (AvgIpc) is 3.27. The van der Waals surface area contributed by atoms with Crippen LogP contribution >= 0.6 is 0 Å². The van der Waals surface area contributed by atoms with Crippen LogP contribution in [0.1, 0.15) is 44.6 Å². The molecule has 2 aromatic carbocycles. The molecule has 0 atom stereocenters. The fourth-order valence-corrected chi connectivity index (χ4v) is 4.42. The molecule has 0 amide bonds. The topological polar surface area (TPSA) is 67.7 Å². The fraction of sp³-hybridized carbons (Fsp3) is 0.346. The van der Waals surface area contributed by atoms with E-state index in [1.165, 1.54) is 48.8 Å². The summed E-state index contributed by atoms with van der Waals surface area (Å²) < 4.78 is 2.07. The fourth-order valence-electron chi connectivity index (χ4n) is 4.42. The molecule has 1 aliphatic carbocycles. The van der Waals surface area contributed by atoms with Crippen molar-refractivity contribution in [2.24, 2.45) is 0 Å². The number of anilines is 2. The number of aryl methyl sites for hydroxylation is 1. The molecule has 0 unspecified atom stereocenters. The number of benzene rings is 2. The molecule has 0 radical (unpaired) electrons. The Morgan fingerprint density at radius 3 is 2.41 bits per heavy atom. The molecule has 4 aromatic rings. The van der Waals surface area contributed by atoms with Crippen molar-refractivity contribution in [3.8, 4) is 11.1 Å². The van der Waals surface area contributed by atoms with E-state index in [0.717, 1.165) is 23.5 Å². The van der Waals surface area contributed by atoms with Crippen LogP contribution in [0.5, 0.6) is 0 Å². The third-order valence-electron chi connectivity index (χ3n) is 6.26. The highest BCUT2D eigenvalue weighted by Crippen LogP contribution is 2.25. The lowest BCUT2D eigenvalue weighted by Gasteiger charge is -2.23. The highest BCUT2D eigenvalue weighted by Gasteiger charge is 2.17. The summed E-state index contributed by atoms with van der Waals surface area (Å²) in [6.45, 7) is 3.62. The molecule has 6 heteroatoms. The van der Waals surface area contributed by atoms with E-state index in [0.29, 0.717) is 18.5 Å². The van der Waals surface area contributed by atoms with Gasteiger partial charge in [0.05, 0.1) is 6.33 Å². The molecule has 32 heavy (non-hydrogen) atoms. The van der Waals surface area contributed by atoms with Gasteiger partial charge in [-0.25, -0.2) is 4.98 Å². The molecule has 0 bridgehead atoms. The zero-order valence-electron chi connectivity index (χ0n) is 18.6. The summed E-state index contributed by atoms with van der Waals surface area (Å²) in [7, 11) is 0. The Morgan fingerprint density at radius 1 is 0.906 bits per heavy atom. The molecule has 1 saturated carbocycles. The van der Waals surface area contributed by atoms with Crippen molar-refractivity contribution < 1.29 is 0 Å². The highest BCUT2D eigenvalue weighted by atomic mass is 15.2. The number of hydrogen-bond acceptors (Lipinski definition) is 5. The first-order chi connectivity index (χ1) is 15.8. The molecule has 0 spiro atoms. The standard InChI is InChI=1S/C26H30N6/c1-2-32-18-28-23-24(30-26(31-25(23)32)29-22-11-7-4-8-12-22)27-17-19-13-15-21(16-14-19)20-9-5-3-6-10-20/h3,5-6,9-10,13-16,18,22H,2,4,7-8,11-12,17H2,1H3,(H2,27,29,30,31). The molecular formula is C26H30N6. The Morgan fingerprint density at radius 2 is 1.66 bits per heavy atom. The van der Waals surface area contributed by atoms with Crippen LogP contribution in [0.4, 0.5) is 11.8 Å². The largest absolute Gasteiger partial charge is 0.364 e. The van der Waals surface area contributed by atoms with Crippen molar-refractivity contribution >= 4 is 22.9 Å². The van der Waals surface area contributed by atoms with Crippen LogP contribution in [-0.2, 0) is 13.1 Å². The maximum Gasteiger partial charge on any atom is 0.227 e. The summed E-state index contributed by atoms with van der Waals surface area (Å²) in [4.78, 5) is 14.2. The van der Waals surface area contributed by atoms with Gasteiger partial charge >= 0.3 is 0 Å². The van der Waals surface area contributed by atoms with Gasteiger partial charge in [0.25, 0.3) is 0 Å². The number of imidazole rings is 1. The lowest BCUT2D eigenvalue weighted by atomic mass is 9.96. The normalized spacial score (nSPS) is 14.5. The van der Waals surface area contributed by atoms with Gasteiger partial charge in [-0.05, 0) is 36.5 Å². The van der Waals surface area contributed by atoms with Crippen molar-refractivity contribution in [3.63, 3.8) is 0 Å². The minimum Gasteiger partial charge on any atom is -0.364 e. The number of rotatable bonds is 7. The first-order valence-electron chi connectivity index (χ1n) is 11.7. The Kier molecular flexibility index (Phi) is 6.01. The molecule has 2 N–H and O–H groups in total. The lowest BCUT2D eigenvalue weighted by Crippen LogP contribution is -2.23. The van der Waals surface area contributed by atoms with Crippen LogP contribution in [0.25, 0.3) is 22.3 Å². The predicted octanol–water partition coefficient (Wildman–Crippen LogP) is 5.87. The van der Waals surface area contributed by atoms with E-state index < -0.39 is 0 Å². The zero-order valence-corrected chi connectivity index (χ0v) is 18.6. The van der Waals surface area contributed by atoms with Gasteiger partial charge in [0, 0.05) is 19.1 Å². The first-order valence-corrected chi connectivity index (χ1v) is 11.7. The van der Waals surface area contributed by atoms with Crippen LogP contribution in [0.2, 0.25) is 0 Å². The average molecular weight is 427 g/mol. The molecule has 0 saturated heterocycles. The molecule has 5 rings (SSSR count). The summed E-state index contributed by atoms with van der Waals surface area (Å²) in [5.74, 6) is 1.48. The van der Waals surface area contributed by atoms with Crippen molar-refractivity contribution in [1.82, 2.24) is 19.5 Å². The maximum absolute atomic E-state index is 4.81. The monoisotopic (exact) mass is 426 g/mol. The van der Waals surface area contributed by atoms with Gasteiger partial charge in [-0.2, -0.15) is 9.97 Å². The third-order valence-corrected chi connectivity index (χ3v) is 6.26. The van der Waals surface area contributed by atoms with E-state index in [-0.39, 0.29) is 0 Å². The van der Waals surface area contributed by atoms with Gasteiger partial charge in [0.2, 0.25) is 5.95 Å². The van der Waals surface area contributed by atoms with E-state index in [4.69, 9.17) is 9.97 Å². The van der Waals surface area contributed by atoms with Crippen molar-refractivity contribution in [1.29, 1.82) is 0 Å². The minimum atomic E-state index is 0.456. The van der Waals surface area contributed by atoms with Gasteiger partial charge < -0.3 is 15.2 Å². The van der Waals surface area contributed by atoms with E-state index in [1.54, 1.807) is 0 Å². The number of fused-ring (bicyclic) bond motifs is 1. The Hall–Kier alpha value is -3.41. The second-order valence-corrected chi connectivity index (χ2v) is 8.49. The second-order valence-electron chi connectivity index (χ2n) is 8.49. The maximum atomic E-state index is 4.81. The van der Waals surface area contributed by atoms with Gasteiger partial charge in [0.15, 0.2) is 17.0 Å². The van der Waals surface area contributed by atoms with Crippen molar-refractivity contribution in [2.75, 3.05) is 10.6 Å². The molecule has 164 valence electrons. The number of aromatic nitrogens is 4. The van der Waals surface area contributed by atoms with Crippen LogP contribution in [0.15, 0.2) is 60.9 Å². The summed E-state index contributed by atoms with van der Waals surface area (Å²) in [6.07, 6.45) is 8.10. The van der Waals surface area contributed by atoms with Crippen molar-refractivity contribution in [3.05, 3.63) is 66.5 Å². The predicted molar refractivity (Wildman–Crippen MR) is 131 cm³/mol. The summed E-state index contributed by atoms with van der Waals surface area (Å²) >= 11 is 0. The lowest BCUT2D eigenvalue weighted by molar-refractivity contribution is 0.461. The van der Waals surface area contributed by atoms with E-state index >= 15 is 0 Å². The Bertz CT molecular complexity index is 1160. The minimum absolute atomic E-state index is 0.456. The second kappa shape index (κ2) is 9.39. The van der Waals surface area contributed by atoms with Gasteiger partial charge in [0.1, 0.15) is 0 Å². The van der Waals surface area contributed by atoms with Gasteiger partial charge in [-0.1, -0.05) is 73.9 Å². The quantitative estimate of drug-likeness (QED) is 0.387. The van der Waals surface area contributed by atoms with Crippen LogP contribution < -0.4 is 10.6 Å². The molecule has 1 fully saturated rings. The summed E-state index contributed by atoms with van der Waals surface area (Å²) in [6, 6.07) is 19.6. The molecule has 2 aromatic heterocycles. The molecule has 0 aliphatic heterocycles.